The molecule has 8 nitrogen and oxygen atoms in total. The minimum atomic E-state index is -1.31. The van der Waals surface area contributed by atoms with Crippen molar-refractivity contribution in [2.45, 2.75) is 31.8 Å². The monoisotopic (exact) mass is 422 g/mol. The first kappa shape index (κ1) is 22.0. The van der Waals surface area contributed by atoms with Gasteiger partial charge in [-0.25, -0.2) is 4.79 Å². The van der Waals surface area contributed by atoms with E-state index in [1.165, 1.54) is 0 Å². The van der Waals surface area contributed by atoms with Gasteiger partial charge in [0, 0.05) is 13.0 Å². The van der Waals surface area contributed by atoms with Gasteiger partial charge in [0.2, 0.25) is 11.8 Å². The number of carbonyl (C=O) groups excluding carboxylic acids is 4. The lowest BCUT2D eigenvalue weighted by Crippen LogP contribution is -2.49. The Bertz CT molecular complexity index is 964. The van der Waals surface area contributed by atoms with Gasteiger partial charge in [-0.3, -0.25) is 19.3 Å². The number of carbonyl (C=O) groups is 4. The summed E-state index contributed by atoms with van der Waals surface area (Å²) in [5, 5.41) is 7.95. The normalized spacial score (nSPS) is 19.0. The Labute approximate surface area is 181 Å². The molecule has 0 spiro atoms. The molecule has 1 aliphatic heterocycles. The quantitative estimate of drug-likeness (QED) is 0.558. The lowest BCUT2D eigenvalue weighted by molar-refractivity contribution is -0.136. The molecular formula is C23H26N4O4. The van der Waals surface area contributed by atoms with Crippen LogP contribution in [0, 0.1) is 0 Å². The predicted octanol–water partition coefficient (Wildman–Crippen LogP) is 1.32. The number of hydrogen-bond acceptors (Lipinski definition) is 4. The van der Waals surface area contributed by atoms with E-state index in [4.69, 9.17) is 0 Å². The SMILES string of the molecule is CCNC(=O)[C@H](C)NC(=O)CN1C(=O)N[C@@](Cc2ccccc2)(c2ccccc2)C1=O. The van der Waals surface area contributed by atoms with E-state index in [-0.39, 0.29) is 12.3 Å². The highest BCUT2D eigenvalue weighted by atomic mass is 16.2. The first-order chi connectivity index (χ1) is 14.9. The third-order valence-corrected chi connectivity index (χ3v) is 5.18. The molecule has 0 aliphatic carbocycles. The summed E-state index contributed by atoms with van der Waals surface area (Å²) in [6, 6.07) is 16.9. The van der Waals surface area contributed by atoms with Crippen LogP contribution in [0.1, 0.15) is 25.0 Å². The Kier molecular flexibility index (Phi) is 6.69. The summed E-state index contributed by atoms with van der Waals surface area (Å²) in [5.41, 5.74) is 0.192. The molecule has 1 aliphatic rings. The van der Waals surface area contributed by atoms with E-state index in [1.54, 1.807) is 38.1 Å². The minimum Gasteiger partial charge on any atom is -0.355 e. The van der Waals surface area contributed by atoms with Gasteiger partial charge in [0.25, 0.3) is 5.91 Å². The van der Waals surface area contributed by atoms with E-state index in [0.717, 1.165) is 10.5 Å². The molecule has 162 valence electrons. The largest absolute Gasteiger partial charge is 0.355 e. The molecule has 8 heteroatoms. The molecule has 0 aromatic heterocycles. The van der Waals surface area contributed by atoms with Gasteiger partial charge >= 0.3 is 6.03 Å². The molecule has 0 unspecified atom stereocenters. The Balaban J connectivity index is 1.83. The van der Waals surface area contributed by atoms with Crippen LogP contribution in [0.15, 0.2) is 60.7 Å². The molecule has 1 heterocycles. The van der Waals surface area contributed by atoms with Crippen LogP contribution in [0.4, 0.5) is 4.79 Å². The maximum atomic E-state index is 13.5. The van der Waals surface area contributed by atoms with Gasteiger partial charge in [0.1, 0.15) is 12.6 Å². The fourth-order valence-corrected chi connectivity index (χ4v) is 3.64. The van der Waals surface area contributed by atoms with E-state index in [1.807, 2.05) is 36.4 Å². The average Bonchev–Trinajstić information content (AvgIpc) is 3.00. The zero-order valence-corrected chi connectivity index (χ0v) is 17.6. The molecule has 3 rings (SSSR count). The number of rotatable bonds is 8. The summed E-state index contributed by atoms with van der Waals surface area (Å²) < 4.78 is 0. The van der Waals surface area contributed by atoms with Gasteiger partial charge in [-0.1, -0.05) is 60.7 Å². The number of amides is 5. The molecule has 1 fully saturated rings. The Morgan fingerprint density at radius 3 is 2.26 bits per heavy atom. The van der Waals surface area contributed by atoms with Crippen molar-refractivity contribution in [1.82, 2.24) is 20.9 Å². The average molecular weight is 422 g/mol. The van der Waals surface area contributed by atoms with E-state index in [9.17, 15) is 19.2 Å². The summed E-state index contributed by atoms with van der Waals surface area (Å²) in [5.74, 6) is -1.44. The predicted molar refractivity (Wildman–Crippen MR) is 115 cm³/mol. The molecule has 1 saturated heterocycles. The lowest BCUT2D eigenvalue weighted by Gasteiger charge is -2.27. The minimum absolute atomic E-state index is 0.246. The number of benzene rings is 2. The fourth-order valence-electron chi connectivity index (χ4n) is 3.64. The van der Waals surface area contributed by atoms with Crippen LogP contribution in [-0.2, 0) is 26.3 Å². The molecule has 2 aromatic carbocycles. The summed E-state index contributed by atoms with van der Waals surface area (Å²) in [6.45, 7) is 3.27. The number of hydrogen-bond donors (Lipinski definition) is 3. The standard InChI is InChI=1S/C23H26N4O4/c1-3-24-20(29)16(2)25-19(28)15-27-21(30)23(26-22(27)31,18-12-8-5-9-13-18)14-17-10-6-4-7-11-17/h4-13,16H,3,14-15H2,1-2H3,(H,24,29)(H,25,28)(H,26,31)/t16-,23-/m0/s1. The van der Waals surface area contributed by atoms with Crippen molar-refractivity contribution in [3.8, 4) is 0 Å². The first-order valence-electron chi connectivity index (χ1n) is 10.2. The Hall–Kier alpha value is -3.68. The zero-order chi connectivity index (χ0) is 22.4. The van der Waals surface area contributed by atoms with Gasteiger partial charge in [-0.15, -0.1) is 0 Å². The van der Waals surface area contributed by atoms with Gasteiger partial charge in [-0.05, 0) is 25.0 Å². The number of imide groups is 1. The Morgan fingerprint density at radius 1 is 1.03 bits per heavy atom. The highest BCUT2D eigenvalue weighted by Crippen LogP contribution is 2.32. The van der Waals surface area contributed by atoms with Gasteiger partial charge in [0.05, 0.1) is 0 Å². The summed E-state index contributed by atoms with van der Waals surface area (Å²) in [7, 11) is 0. The molecule has 0 bridgehead atoms. The summed E-state index contributed by atoms with van der Waals surface area (Å²) >= 11 is 0. The lowest BCUT2D eigenvalue weighted by atomic mass is 9.83. The van der Waals surface area contributed by atoms with Crippen LogP contribution in [0.2, 0.25) is 0 Å². The molecule has 0 saturated carbocycles. The molecule has 31 heavy (non-hydrogen) atoms. The van der Waals surface area contributed by atoms with Crippen molar-refractivity contribution >= 4 is 23.8 Å². The second kappa shape index (κ2) is 9.42. The van der Waals surface area contributed by atoms with Gasteiger partial charge < -0.3 is 16.0 Å². The molecular weight excluding hydrogens is 396 g/mol. The Morgan fingerprint density at radius 2 is 1.65 bits per heavy atom. The van der Waals surface area contributed by atoms with E-state index < -0.39 is 36.0 Å². The topological polar surface area (TPSA) is 108 Å². The fraction of sp³-hybridized carbons (Fsp3) is 0.304. The van der Waals surface area contributed by atoms with Crippen molar-refractivity contribution in [2.75, 3.05) is 13.1 Å². The van der Waals surface area contributed by atoms with Crippen LogP contribution in [0.3, 0.4) is 0 Å². The molecule has 5 amide bonds. The number of urea groups is 1. The number of nitrogens with one attached hydrogen (secondary N) is 3. The molecule has 3 N–H and O–H groups in total. The molecule has 2 atom stereocenters. The first-order valence-corrected chi connectivity index (χ1v) is 10.2. The van der Waals surface area contributed by atoms with Crippen LogP contribution >= 0.6 is 0 Å². The third-order valence-electron chi connectivity index (χ3n) is 5.18. The van der Waals surface area contributed by atoms with Crippen LogP contribution < -0.4 is 16.0 Å². The summed E-state index contributed by atoms with van der Waals surface area (Å²) in [4.78, 5) is 51.4. The smallest absolute Gasteiger partial charge is 0.325 e. The van der Waals surface area contributed by atoms with E-state index in [2.05, 4.69) is 16.0 Å². The van der Waals surface area contributed by atoms with Crippen LogP contribution in [0.5, 0.6) is 0 Å². The highest BCUT2D eigenvalue weighted by molar-refractivity contribution is 6.09. The van der Waals surface area contributed by atoms with Gasteiger partial charge in [-0.2, -0.15) is 0 Å². The zero-order valence-electron chi connectivity index (χ0n) is 17.6. The van der Waals surface area contributed by atoms with Crippen LogP contribution in [0.25, 0.3) is 0 Å². The third kappa shape index (κ3) is 4.74. The number of nitrogens with zero attached hydrogens (tertiary/aromatic N) is 1. The molecule has 0 radical (unpaired) electrons. The van der Waals surface area contributed by atoms with E-state index in [0.29, 0.717) is 12.1 Å². The van der Waals surface area contributed by atoms with Gasteiger partial charge in [0.15, 0.2) is 5.54 Å². The van der Waals surface area contributed by atoms with Crippen molar-refractivity contribution in [3.05, 3.63) is 71.8 Å². The van der Waals surface area contributed by atoms with Crippen molar-refractivity contribution in [3.63, 3.8) is 0 Å². The van der Waals surface area contributed by atoms with E-state index >= 15 is 0 Å². The second-order valence-electron chi connectivity index (χ2n) is 7.44. The highest BCUT2D eigenvalue weighted by Gasteiger charge is 2.52. The maximum absolute atomic E-state index is 13.5. The van der Waals surface area contributed by atoms with Crippen molar-refractivity contribution in [2.24, 2.45) is 0 Å². The second-order valence-corrected chi connectivity index (χ2v) is 7.44. The van der Waals surface area contributed by atoms with Crippen LogP contribution in [-0.4, -0.2) is 47.8 Å². The number of likely N-dealkylation sites (N-methyl/N-ethyl adjacent to an activating group) is 1. The molecule has 2 aromatic rings. The summed E-state index contributed by atoms with van der Waals surface area (Å²) in [6.07, 6.45) is 0.246. The maximum Gasteiger partial charge on any atom is 0.325 e. The van der Waals surface area contributed by atoms with Crippen molar-refractivity contribution < 1.29 is 19.2 Å². The van der Waals surface area contributed by atoms with Crippen molar-refractivity contribution in [1.29, 1.82) is 0 Å².